The maximum Gasteiger partial charge on any atom is 0.270 e. The maximum absolute atomic E-state index is 12.1. The van der Waals surface area contributed by atoms with E-state index in [4.69, 9.17) is 0 Å². The molecule has 1 fully saturated rings. The Balaban J connectivity index is 1.66. The zero-order chi connectivity index (χ0) is 17.8. The molecule has 6 heteroatoms. The molecule has 1 saturated heterocycles. The molecule has 1 N–H and O–H groups in total. The number of nitrogens with one attached hydrogen (secondary N) is 1. The number of carbonyl (C=O) groups excluding carboxylic acids is 1. The molecular formula is C19H25N5O. The molecule has 3 rings (SSSR count). The molecule has 25 heavy (non-hydrogen) atoms. The number of carbonyl (C=O) groups is 1. The van der Waals surface area contributed by atoms with Gasteiger partial charge >= 0.3 is 0 Å². The van der Waals surface area contributed by atoms with E-state index < -0.39 is 0 Å². The molecule has 0 bridgehead atoms. The Hall–Kier alpha value is -2.63. The van der Waals surface area contributed by atoms with Gasteiger partial charge in [0.2, 0.25) is 5.95 Å². The van der Waals surface area contributed by atoms with Gasteiger partial charge in [-0.05, 0) is 44.5 Å². The van der Waals surface area contributed by atoms with Crippen molar-refractivity contribution in [2.75, 3.05) is 36.0 Å². The molecule has 0 atom stereocenters. The summed E-state index contributed by atoms with van der Waals surface area (Å²) in [6.45, 7) is 9.48. The molecular weight excluding hydrogens is 314 g/mol. The predicted molar refractivity (Wildman–Crippen MR) is 100 cm³/mol. The summed E-state index contributed by atoms with van der Waals surface area (Å²) >= 11 is 0. The molecule has 2 aromatic rings. The van der Waals surface area contributed by atoms with Crippen LogP contribution in [-0.2, 0) is 0 Å². The van der Waals surface area contributed by atoms with Crippen molar-refractivity contribution in [3.05, 3.63) is 47.8 Å². The van der Waals surface area contributed by atoms with Crippen LogP contribution in [0.1, 0.15) is 29.9 Å². The average Bonchev–Trinajstić information content (AvgIpc) is 2.61. The molecule has 2 heterocycles. The Morgan fingerprint density at radius 3 is 2.52 bits per heavy atom. The lowest BCUT2D eigenvalue weighted by atomic mass is 10.2. The number of hydrogen-bond donors (Lipinski definition) is 1. The van der Waals surface area contributed by atoms with E-state index in [2.05, 4.69) is 56.3 Å². The van der Waals surface area contributed by atoms with Gasteiger partial charge in [0.15, 0.2) is 0 Å². The minimum atomic E-state index is -0.156. The lowest BCUT2D eigenvalue weighted by molar-refractivity contribution is 0.0938. The van der Waals surface area contributed by atoms with E-state index in [1.165, 1.54) is 11.3 Å². The van der Waals surface area contributed by atoms with E-state index in [-0.39, 0.29) is 11.9 Å². The largest absolute Gasteiger partial charge is 0.368 e. The lowest BCUT2D eigenvalue weighted by Gasteiger charge is -2.36. The second-order valence-corrected chi connectivity index (χ2v) is 6.68. The Morgan fingerprint density at radius 2 is 1.84 bits per heavy atom. The molecule has 0 aliphatic carbocycles. The molecule has 1 aromatic heterocycles. The molecule has 0 spiro atoms. The maximum atomic E-state index is 12.1. The Bertz CT molecular complexity index is 738. The fourth-order valence-corrected chi connectivity index (χ4v) is 2.95. The first-order chi connectivity index (χ1) is 12.0. The zero-order valence-electron chi connectivity index (χ0n) is 15.1. The van der Waals surface area contributed by atoms with Crippen molar-refractivity contribution < 1.29 is 4.79 Å². The summed E-state index contributed by atoms with van der Waals surface area (Å²) in [6.07, 6.45) is 1.66. The molecule has 6 nitrogen and oxygen atoms in total. The zero-order valence-corrected chi connectivity index (χ0v) is 15.1. The summed E-state index contributed by atoms with van der Waals surface area (Å²) in [7, 11) is 0. The summed E-state index contributed by atoms with van der Waals surface area (Å²) in [5, 5.41) is 2.87. The van der Waals surface area contributed by atoms with Crippen LogP contribution in [0.2, 0.25) is 0 Å². The van der Waals surface area contributed by atoms with Crippen LogP contribution in [0.4, 0.5) is 11.6 Å². The summed E-state index contributed by atoms with van der Waals surface area (Å²) in [6, 6.07) is 10.3. The molecule has 0 saturated carbocycles. The Labute approximate surface area is 148 Å². The SMILES string of the molecule is Cc1cccc(N2CCN(c3nccc(C(=O)NC(C)C)n3)CC2)c1. The highest BCUT2D eigenvalue weighted by Gasteiger charge is 2.20. The number of amides is 1. The van der Waals surface area contributed by atoms with E-state index >= 15 is 0 Å². The smallest absolute Gasteiger partial charge is 0.270 e. The van der Waals surface area contributed by atoms with Crippen LogP contribution in [-0.4, -0.2) is 48.1 Å². The van der Waals surface area contributed by atoms with Crippen molar-refractivity contribution in [3.63, 3.8) is 0 Å². The fraction of sp³-hybridized carbons (Fsp3) is 0.421. The summed E-state index contributed by atoms with van der Waals surface area (Å²) < 4.78 is 0. The van der Waals surface area contributed by atoms with Gasteiger partial charge in [-0.2, -0.15) is 0 Å². The van der Waals surface area contributed by atoms with E-state index in [0.29, 0.717) is 11.6 Å². The number of aryl methyl sites for hydroxylation is 1. The Morgan fingerprint density at radius 1 is 1.12 bits per heavy atom. The van der Waals surface area contributed by atoms with Crippen molar-refractivity contribution in [1.29, 1.82) is 0 Å². The van der Waals surface area contributed by atoms with Crippen LogP contribution >= 0.6 is 0 Å². The van der Waals surface area contributed by atoms with Gasteiger partial charge in [0, 0.05) is 44.1 Å². The lowest BCUT2D eigenvalue weighted by Crippen LogP contribution is -2.47. The van der Waals surface area contributed by atoms with Crippen molar-refractivity contribution in [3.8, 4) is 0 Å². The number of benzene rings is 1. The van der Waals surface area contributed by atoms with Gasteiger partial charge in [-0.25, -0.2) is 9.97 Å². The normalized spacial score (nSPS) is 14.7. The molecule has 1 aliphatic rings. The average molecular weight is 339 g/mol. The highest BCUT2D eigenvalue weighted by Crippen LogP contribution is 2.19. The monoisotopic (exact) mass is 339 g/mol. The van der Waals surface area contributed by atoms with Gasteiger partial charge < -0.3 is 15.1 Å². The van der Waals surface area contributed by atoms with E-state index in [1.807, 2.05) is 13.8 Å². The molecule has 1 aliphatic heterocycles. The fourth-order valence-electron chi connectivity index (χ4n) is 2.95. The minimum Gasteiger partial charge on any atom is -0.368 e. The Kier molecular flexibility index (Phi) is 5.16. The quantitative estimate of drug-likeness (QED) is 0.926. The molecule has 0 radical (unpaired) electrons. The van der Waals surface area contributed by atoms with Crippen molar-refractivity contribution in [1.82, 2.24) is 15.3 Å². The van der Waals surface area contributed by atoms with Gasteiger partial charge in [0.1, 0.15) is 5.69 Å². The standard InChI is InChI=1S/C19H25N5O/c1-14(2)21-18(25)17-7-8-20-19(22-17)24-11-9-23(10-12-24)16-6-4-5-15(3)13-16/h4-8,13-14H,9-12H2,1-3H3,(H,21,25). The van der Waals surface area contributed by atoms with Crippen molar-refractivity contribution >= 4 is 17.5 Å². The second kappa shape index (κ2) is 7.51. The summed E-state index contributed by atoms with van der Waals surface area (Å²) in [5.74, 6) is 0.470. The second-order valence-electron chi connectivity index (χ2n) is 6.68. The van der Waals surface area contributed by atoms with E-state index in [9.17, 15) is 4.79 Å². The van der Waals surface area contributed by atoms with Crippen LogP contribution in [0.5, 0.6) is 0 Å². The number of anilines is 2. The first-order valence-corrected chi connectivity index (χ1v) is 8.73. The molecule has 1 amide bonds. The van der Waals surface area contributed by atoms with E-state index in [1.54, 1.807) is 12.3 Å². The third kappa shape index (κ3) is 4.26. The highest BCUT2D eigenvalue weighted by molar-refractivity contribution is 5.92. The van der Waals surface area contributed by atoms with Gasteiger partial charge in [-0.1, -0.05) is 12.1 Å². The molecule has 1 aromatic carbocycles. The van der Waals surface area contributed by atoms with Crippen LogP contribution in [0, 0.1) is 6.92 Å². The number of hydrogen-bond acceptors (Lipinski definition) is 5. The van der Waals surface area contributed by atoms with Gasteiger partial charge in [-0.3, -0.25) is 4.79 Å². The van der Waals surface area contributed by atoms with Crippen molar-refractivity contribution in [2.24, 2.45) is 0 Å². The molecule has 0 unspecified atom stereocenters. The van der Waals surface area contributed by atoms with E-state index in [0.717, 1.165) is 26.2 Å². The number of aromatic nitrogens is 2. The molecule has 132 valence electrons. The van der Waals surface area contributed by atoms with Crippen LogP contribution < -0.4 is 15.1 Å². The topological polar surface area (TPSA) is 61.4 Å². The number of rotatable bonds is 4. The first kappa shape index (κ1) is 17.2. The third-order valence-corrected chi connectivity index (χ3v) is 4.22. The van der Waals surface area contributed by atoms with Gasteiger partial charge in [0.05, 0.1) is 0 Å². The van der Waals surface area contributed by atoms with Crippen LogP contribution in [0.15, 0.2) is 36.5 Å². The van der Waals surface area contributed by atoms with Crippen LogP contribution in [0.3, 0.4) is 0 Å². The minimum absolute atomic E-state index is 0.0868. The number of nitrogens with zero attached hydrogens (tertiary/aromatic N) is 4. The predicted octanol–water partition coefficient (Wildman–Crippen LogP) is 2.25. The number of piperazine rings is 1. The summed E-state index contributed by atoms with van der Waals surface area (Å²) in [4.78, 5) is 25.4. The van der Waals surface area contributed by atoms with Gasteiger partial charge in [0.25, 0.3) is 5.91 Å². The van der Waals surface area contributed by atoms with Gasteiger partial charge in [-0.15, -0.1) is 0 Å². The highest BCUT2D eigenvalue weighted by atomic mass is 16.1. The van der Waals surface area contributed by atoms with Crippen molar-refractivity contribution in [2.45, 2.75) is 26.8 Å². The summed E-state index contributed by atoms with van der Waals surface area (Å²) in [5.41, 5.74) is 2.94. The van der Waals surface area contributed by atoms with Crippen LogP contribution in [0.25, 0.3) is 0 Å². The first-order valence-electron chi connectivity index (χ1n) is 8.73. The third-order valence-electron chi connectivity index (χ3n) is 4.22.